The molecular weight excluding hydrogens is 462 g/mol. The third kappa shape index (κ3) is 7.80. The van der Waals surface area contributed by atoms with Crippen LogP contribution in [0.1, 0.15) is 52.3 Å². The molecule has 1 aliphatic rings. The molecule has 0 radical (unpaired) electrons. The van der Waals surface area contributed by atoms with E-state index >= 15 is 0 Å². The highest BCUT2D eigenvalue weighted by Crippen LogP contribution is 2.15. The molecule has 6 nitrogen and oxygen atoms in total. The van der Waals surface area contributed by atoms with E-state index in [1.165, 1.54) is 24.8 Å². The van der Waals surface area contributed by atoms with Crippen LogP contribution in [-0.2, 0) is 17.8 Å². The van der Waals surface area contributed by atoms with Crippen LogP contribution >= 0.6 is 0 Å². The summed E-state index contributed by atoms with van der Waals surface area (Å²) in [5, 5.41) is 0. The van der Waals surface area contributed by atoms with Gasteiger partial charge in [-0.3, -0.25) is 9.59 Å². The van der Waals surface area contributed by atoms with Crippen molar-refractivity contribution < 1.29 is 14.0 Å². The largest absolute Gasteiger partial charge is 0.464 e. The summed E-state index contributed by atoms with van der Waals surface area (Å²) in [4.78, 5) is 33.4. The van der Waals surface area contributed by atoms with Crippen LogP contribution in [-0.4, -0.2) is 65.8 Å². The molecule has 0 bridgehead atoms. The Balaban J connectivity index is 1.50. The summed E-state index contributed by atoms with van der Waals surface area (Å²) in [5.41, 5.74) is 2.76. The van der Waals surface area contributed by atoms with Crippen molar-refractivity contribution in [2.75, 3.05) is 39.3 Å². The average Bonchev–Trinajstić information content (AvgIpc) is 3.34. The van der Waals surface area contributed by atoms with E-state index in [1.807, 2.05) is 73.3 Å². The lowest BCUT2D eigenvalue weighted by molar-refractivity contribution is -0.132. The molecule has 0 spiro atoms. The van der Waals surface area contributed by atoms with Gasteiger partial charge < -0.3 is 19.1 Å². The Morgan fingerprint density at radius 2 is 1.57 bits per heavy atom. The molecule has 1 aromatic heterocycles. The zero-order valence-electron chi connectivity index (χ0n) is 22.2. The van der Waals surface area contributed by atoms with Crippen LogP contribution in [0.5, 0.6) is 0 Å². The van der Waals surface area contributed by atoms with E-state index in [-0.39, 0.29) is 18.4 Å². The minimum Gasteiger partial charge on any atom is -0.464 e. The standard InChI is InChI=1S/C31H39N3O3/c1-25-11-7-8-14-29(25)31(36)34(22-21-32-18-9-4-10-19-32)24-30(35)33(23-28-16-15-26(2)37-28)20-17-27-12-5-3-6-13-27/h3,5-8,11-16H,4,9-10,17-24H2,1-2H3. The Hall–Kier alpha value is -3.38. The lowest BCUT2D eigenvalue weighted by Crippen LogP contribution is -2.46. The predicted octanol–water partition coefficient (Wildman–Crippen LogP) is 5.10. The molecule has 0 aliphatic carbocycles. The molecule has 0 atom stereocenters. The molecule has 3 aromatic rings. The summed E-state index contributed by atoms with van der Waals surface area (Å²) < 4.78 is 5.80. The molecule has 0 N–H and O–H groups in total. The van der Waals surface area contributed by atoms with Gasteiger partial charge in [0.05, 0.1) is 6.54 Å². The SMILES string of the molecule is Cc1ccc(CN(CCc2ccccc2)C(=O)CN(CCN2CCCCC2)C(=O)c2ccccc2C)o1. The summed E-state index contributed by atoms with van der Waals surface area (Å²) in [5.74, 6) is 1.43. The highest BCUT2D eigenvalue weighted by Gasteiger charge is 2.25. The van der Waals surface area contributed by atoms with Gasteiger partial charge in [-0.05, 0) is 75.5 Å². The van der Waals surface area contributed by atoms with E-state index in [9.17, 15) is 9.59 Å². The Morgan fingerprint density at radius 3 is 2.27 bits per heavy atom. The van der Waals surface area contributed by atoms with Gasteiger partial charge in [-0.1, -0.05) is 55.0 Å². The Labute approximate surface area is 220 Å². The molecule has 4 rings (SSSR count). The van der Waals surface area contributed by atoms with Gasteiger partial charge >= 0.3 is 0 Å². The summed E-state index contributed by atoms with van der Waals surface area (Å²) >= 11 is 0. The van der Waals surface area contributed by atoms with Crippen LogP contribution in [0.15, 0.2) is 71.1 Å². The summed E-state index contributed by atoms with van der Waals surface area (Å²) in [6.45, 7) is 8.28. The van der Waals surface area contributed by atoms with Crippen molar-refractivity contribution in [1.29, 1.82) is 0 Å². The maximum absolute atomic E-state index is 13.7. The van der Waals surface area contributed by atoms with Crippen LogP contribution < -0.4 is 0 Å². The first-order valence-corrected chi connectivity index (χ1v) is 13.4. The molecule has 1 aliphatic heterocycles. The number of amides is 2. The fraction of sp³-hybridized carbons (Fsp3) is 0.419. The van der Waals surface area contributed by atoms with Crippen molar-refractivity contribution in [1.82, 2.24) is 14.7 Å². The van der Waals surface area contributed by atoms with Gasteiger partial charge in [0.1, 0.15) is 18.1 Å². The number of aryl methyl sites for hydroxylation is 2. The van der Waals surface area contributed by atoms with Crippen molar-refractivity contribution in [3.8, 4) is 0 Å². The zero-order valence-corrected chi connectivity index (χ0v) is 22.2. The number of hydrogen-bond donors (Lipinski definition) is 0. The fourth-order valence-corrected chi connectivity index (χ4v) is 4.90. The molecule has 2 amide bonds. The number of furan rings is 1. The van der Waals surface area contributed by atoms with Crippen LogP contribution in [0, 0.1) is 13.8 Å². The zero-order chi connectivity index (χ0) is 26.0. The Bertz CT molecular complexity index is 1150. The molecule has 2 aromatic carbocycles. The molecule has 196 valence electrons. The van der Waals surface area contributed by atoms with Crippen molar-refractivity contribution in [3.05, 3.63) is 94.9 Å². The van der Waals surface area contributed by atoms with E-state index in [0.717, 1.165) is 43.1 Å². The normalized spacial score (nSPS) is 13.9. The minimum absolute atomic E-state index is 0.0511. The van der Waals surface area contributed by atoms with Crippen molar-refractivity contribution >= 4 is 11.8 Å². The third-order valence-corrected chi connectivity index (χ3v) is 7.13. The second-order valence-electron chi connectivity index (χ2n) is 10.0. The van der Waals surface area contributed by atoms with Gasteiger partial charge in [0.25, 0.3) is 5.91 Å². The predicted molar refractivity (Wildman–Crippen MR) is 146 cm³/mol. The van der Waals surface area contributed by atoms with Gasteiger partial charge in [-0.15, -0.1) is 0 Å². The molecule has 6 heteroatoms. The van der Waals surface area contributed by atoms with E-state index in [2.05, 4.69) is 17.0 Å². The van der Waals surface area contributed by atoms with Crippen molar-refractivity contribution in [2.24, 2.45) is 0 Å². The first-order chi connectivity index (χ1) is 18.0. The number of benzene rings is 2. The van der Waals surface area contributed by atoms with Crippen LogP contribution in [0.4, 0.5) is 0 Å². The second kappa shape index (κ2) is 13.2. The Morgan fingerprint density at radius 1 is 0.838 bits per heavy atom. The monoisotopic (exact) mass is 501 g/mol. The highest BCUT2D eigenvalue weighted by atomic mass is 16.3. The number of nitrogens with zero attached hydrogens (tertiary/aromatic N) is 3. The number of carbonyl (C=O) groups excluding carboxylic acids is 2. The number of likely N-dealkylation sites (tertiary alicyclic amines) is 1. The van der Waals surface area contributed by atoms with Crippen LogP contribution in [0.3, 0.4) is 0 Å². The molecule has 1 fully saturated rings. The van der Waals surface area contributed by atoms with E-state index < -0.39 is 0 Å². The fourth-order valence-electron chi connectivity index (χ4n) is 4.90. The van der Waals surface area contributed by atoms with E-state index in [0.29, 0.717) is 25.2 Å². The molecular formula is C31H39N3O3. The van der Waals surface area contributed by atoms with E-state index in [4.69, 9.17) is 4.42 Å². The van der Waals surface area contributed by atoms with Crippen LogP contribution in [0.2, 0.25) is 0 Å². The van der Waals surface area contributed by atoms with Gasteiger partial charge in [-0.25, -0.2) is 0 Å². The first kappa shape index (κ1) is 26.7. The average molecular weight is 502 g/mol. The summed E-state index contributed by atoms with van der Waals surface area (Å²) in [6, 6.07) is 21.6. The lowest BCUT2D eigenvalue weighted by atomic mass is 10.1. The van der Waals surface area contributed by atoms with Crippen LogP contribution in [0.25, 0.3) is 0 Å². The molecule has 0 saturated carbocycles. The first-order valence-electron chi connectivity index (χ1n) is 13.4. The third-order valence-electron chi connectivity index (χ3n) is 7.13. The highest BCUT2D eigenvalue weighted by molar-refractivity contribution is 5.97. The van der Waals surface area contributed by atoms with Gasteiger partial charge in [-0.2, -0.15) is 0 Å². The smallest absolute Gasteiger partial charge is 0.254 e. The van der Waals surface area contributed by atoms with Crippen molar-refractivity contribution in [2.45, 2.75) is 46.1 Å². The van der Waals surface area contributed by atoms with Crippen molar-refractivity contribution in [3.63, 3.8) is 0 Å². The molecule has 0 unspecified atom stereocenters. The van der Waals surface area contributed by atoms with Gasteiger partial charge in [0.15, 0.2) is 0 Å². The maximum Gasteiger partial charge on any atom is 0.254 e. The number of carbonyl (C=O) groups is 2. The number of piperidine rings is 1. The summed E-state index contributed by atoms with van der Waals surface area (Å²) in [6.07, 6.45) is 4.40. The van der Waals surface area contributed by atoms with Gasteiger partial charge in [0, 0.05) is 25.2 Å². The molecule has 1 saturated heterocycles. The maximum atomic E-state index is 13.7. The Kier molecular flexibility index (Phi) is 9.55. The number of hydrogen-bond acceptors (Lipinski definition) is 4. The summed E-state index contributed by atoms with van der Waals surface area (Å²) in [7, 11) is 0. The van der Waals surface area contributed by atoms with Gasteiger partial charge in [0.2, 0.25) is 5.91 Å². The molecule has 37 heavy (non-hydrogen) atoms. The minimum atomic E-state index is -0.0830. The quantitative estimate of drug-likeness (QED) is 0.367. The lowest BCUT2D eigenvalue weighted by Gasteiger charge is -2.31. The topological polar surface area (TPSA) is 57.0 Å². The number of rotatable bonds is 11. The van der Waals surface area contributed by atoms with E-state index in [1.54, 1.807) is 4.90 Å². The molecule has 2 heterocycles. The second-order valence-corrected chi connectivity index (χ2v) is 10.0.